The number of aryl methyl sites for hydroxylation is 1. The fourth-order valence-corrected chi connectivity index (χ4v) is 1.15. The van der Waals surface area contributed by atoms with Crippen molar-refractivity contribution in [1.29, 1.82) is 0 Å². The largest absolute Gasteiger partial charge is 0.285 e. The molecule has 0 aromatic carbocycles. The topological polar surface area (TPSA) is 28.7 Å². The van der Waals surface area contributed by atoms with Gasteiger partial charge in [0.15, 0.2) is 0 Å². The molecule has 0 radical (unpaired) electrons. The van der Waals surface area contributed by atoms with E-state index in [0.717, 1.165) is 0 Å². The van der Waals surface area contributed by atoms with Crippen molar-refractivity contribution in [1.82, 2.24) is 10.2 Å². The molecule has 0 bridgehead atoms. The van der Waals surface area contributed by atoms with Crippen molar-refractivity contribution in [3.05, 3.63) is 30.1 Å². The normalized spacial score (nSPS) is 10.5. The Morgan fingerprint density at radius 2 is 2.10 bits per heavy atom. The highest BCUT2D eigenvalue weighted by atomic mass is 15.1. The molecule has 0 unspecified atom stereocenters. The third-order valence-corrected chi connectivity index (χ3v) is 1.60. The van der Waals surface area contributed by atoms with Crippen LogP contribution in [0.25, 0.3) is 11.1 Å². The molecule has 2 nitrogen and oxygen atoms in total. The first kappa shape index (κ1) is 5.47. The molecule has 0 saturated heterocycles. The Morgan fingerprint density at radius 3 is 2.90 bits per heavy atom. The van der Waals surface area contributed by atoms with Gasteiger partial charge < -0.3 is 0 Å². The van der Waals surface area contributed by atoms with E-state index in [0.29, 0.717) is 0 Å². The highest BCUT2D eigenvalue weighted by Crippen LogP contribution is 2.22. The molecule has 0 atom stereocenters. The van der Waals surface area contributed by atoms with Crippen molar-refractivity contribution in [2.75, 3.05) is 0 Å². The molecule has 0 amide bonds. The van der Waals surface area contributed by atoms with Crippen LogP contribution >= 0.6 is 0 Å². The van der Waals surface area contributed by atoms with Gasteiger partial charge in [0.25, 0.3) is 0 Å². The van der Waals surface area contributed by atoms with Gasteiger partial charge >= 0.3 is 0 Å². The van der Waals surface area contributed by atoms with Crippen LogP contribution in [0, 0.1) is 6.92 Å². The number of aromatic nitrogens is 2. The number of H-pyrrole nitrogens is 1. The van der Waals surface area contributed by atoms with E-state index in [1.807, 2.05) is 12.4 Å². The predicted octanol–water partition coefficient (Wildman–Crippen LogP) is 1.82. The van der Waals surface area contributed by atoms with Gasteiger partial charge in [-0.3, -0.25) is 5.10 Å². The maximum atomic E-state index is 3.90. The second-order valence-corrected chi connectivity index (χ2v) is 2.48. The first-order valence-corrected chi connectivity index (χ1v) is 3.25. The van der Waals surface area contributed by atoms with Gasteiger partial charge in [0.2, 0.25) is 0 Å². The molecule has 2 rings (SSSR count). The van der Waals surface area contributed by atoms with Crippen LogP contribution in [0.5, 0.6) is 0 Å². The second kappa shape index (κ2) is 1.84. The zero-order valence-electron chi connectivity index (χ0n) is 5.76. The lowest BCUT2D eigenvalue weighted by Crippen LogP contribution is -1.79. The maximum Gasteiger partial charge on any atom is 0.0551 e. The minimum atomic E-state index is 1.20. The highest BCUT2D eigenvalue weighted by molar-refractivity contribution is 5.66. The molecule has 1 aliphatic carbocycles. The number of hydrogen-bond donors (Lipinski definition) is 1. The van der Waals surface area contributed by atoms with Crippen LogP contribution in [0.1, 0.15) is 5.56 Å². The summed E-state index contributed by atoms with van der Waals surface area (Å²) in [5.41, 5.74) is 3.72. The summed E-state index contributed by atoms with van der Waals surface area (Å²) in [6.07, 6.45) is 3.74. The van der Waals surface area contributed by atoms with Crippen LogP contribution in [0.4, 0.5) is 0 Å². The van der Waals surface area contributed by atoms with Crippen molar-refractivity contribution in [3.63, 3.8) is 0 Å². The quantitative estimate of drug-likeness (QED) is 0.582. The SMILES string of the molecule is Cc1cc2cn[nH]cc-2c1. The molecular formula is C8H8N2. The Kier molecular flexibility index (Phi) is 1.01. The van der Waals surface area contributed by atoms with Crippen molar-refractivity contribution in [2.45, 2.75) is 6.92 Å². The first-order chi connectivity index (χ1) is 4.86. The fourth-order valence-electron chi connectivity index (χ4n) is 1.15. The van der Waals surface area contributed by atoms with Crippen molar-refractivity contribution >= 4 is 0 Å². The molecular weight excluding hydrogens is 124 g/mol. The van der Waals surface area contributed by atoms with E-state index in [1.54, 1.807) is 0 Å². The molecule has 0 saturated carbocycles. The van der Waals surface area contributed by atoms with Gasteiger partial charge in [0.05, 0.1) is 6.20 Å². The molecule has 0 fully saturated rings. The molecule has 0 aromatic heterocycles. The third kappa shape index (κ3) is 0.692. The van der Waals surface area contributed by atoms with Crippen molar-refractivity contribution in [3.8, 4) is 11.1 Å². The van der Waals surface area contributed by atoms with Crippen LogP contribution in [0.3, 0.4) is 0 Å². The van der Waals surface area contributed by atoms with E-state index < -0.39 is 0 Å². The van der Waals surface area contributed by atoms with Crippen LogP contribution in [0.15, 0.2) is 24.5 Å². The van der Waals surface area contributed by atoms with Gasteiger partial charge in [-0.15, -0.1) is 0 Å². The third-order valence-electron chi connectivity index (χ3n) is 1.60. The number of fused-ring (bicyclic) bond motifs is 1. The number of rotatable bonds is 0. The van der Waals surface area contributed by atoms with Gasteiger partial charge in [-0.1, -0.05) is 0 Å². The van der Waals surface area contributed by atoms with Gasteiger partial charge in [0, 0.05) is 17.3 Å². The van der Waals surface area contributed by atoms with Crippen LogP contribution in [-0.2, 0) is 0 Å². The number of aromatic amines is 1. The number of nitrogens with zero attached hydrogens (tertiary/aromatic N) is 1. The zero-order valence-corrected chi connectivity index (χ0v) is 5.76. The minimum Gasteiger partial charge on any atom is -0.285 e. The summed E-state index contributed by atoms with van der Waals surface area (Å²) in [6.45, 7) is 2.08. The van der Waals surface area contributed by atoms with E-state index in [9.17, 15) is 0 Å². The van der Waals surface area contributed by atoms with Crippen LogP contribution in [0.2, 0.25) is 0 Å². The summed E-state index contributed by atoms with van der Waals surface area (Å²) >= 11 is 0. The molecule has 0 spiro atoms. The molecule has 1 heterocycles. The average Bonchev–Trinajstić information content (AvgIpc) is 2.27. The summed E-state index contributed by atoms with van der Waals surface area (Å²) < 4.78 is 0. The molecule has 50 valence electrons. The monoisotopic (exact) mass is 132 g/mol. The summed E-state index contributed by atoms with van der Waals surface area (Å²) in [7, 11) is 0. The summed E-state index contributed by atoms with van der Waals surface area (Å²) in [5, 5.41) is 6.70. The lowest BCUT2D eigenvalue weighted by molar-refractivity contribution is 1.03. The Balaban J connectivity index is 2.76. The first-order valence-electron chi connectivity index (χ1n) is 3.25. The minimum absolute atomic E-state index is 1.20. The van der Waals surface area contributed by atoms with Gasteiger partial charge in [0.1, 0.15) is 0 Å². The standard InChI is InChI=1S/C8H8N2/c1-6-2-7-4-9-10-5-8(7)3-6/h2-5,9H,1H3. The summed E-state index contributed by atoms with van der Waals surface area (Å²) in [6, 6.07) is 4.25. The van der Waals surface area contributed by atoms with E-state index in [4.69, 9.17) is 0 Å². The van der Waals surface area contributed by atoms with Crippen LogP contribution < -0.4 is 0 Å². The van der Waals surface area contributed by atoms with Crippen LogP contribution in [-0.4, -0.2) is 10.2 Å². The lowest BCUT2D eigenvalue weighted by atomic mass is 10.2. The molecule has 1 N–H and O–H groups in total. The average molecular weight is 132 g/mol. The van der Waals surface area contributed by atoms with E-state index >= 15 is 0 Å². The van der Waals surface area contributed by atoms with Gasteiger partial charge in [-0.05, 0) is 24.6 Å². The smallest absolute Gasteiger partial charge is 0.0551 e. The molecule has 10 heavy (non-hydrogen) atoms. The molecule has 0 aromatic rings. The van der Waals surface area contributed by atoms with E-state index in [1.165, 1.54) is 16.7 Å². The van der Waals surface area contributed by atoms with Gasteiger partial charge in [-0.2, -0.15) is 5.10 Å². The number of hydrogen-bond acceptors (Lipinski definition) is 1. The highest BCUT2D eigenvalue weighted by Gasteiger charge is 2.01. The lowest BCUT2D eigenvalue weighted by Gasteiger charge is -1.92. The van der Waals surface area contributed by atoms with Gasteiger partial charge in [-0.25, -0.2) is 0 Å². The predicted molar refractivity (Wildman–Crippen MR) is 39.9 cm³/mol. The van der Waals surface area contributed by atoms with E-state index in [2.05, 4.69) is 29.3 Å². The molecule has 2 aliphatic rings. The zero-order chi connectivity index (χ0) is 6.97. The summed E-state index contributed by atoms with van der Waals surface area (Å²) in [4.78, 5) is 0. The molecule has 1 aliphatic heterocycles. The molecule has 2 heteroatoms. The second-order valence-electron chi connectivity index (χ2n) is 2.48. The Labute approximate surface area is 59.2 Å². The van der Waals surface area contributed by atoms with E-state index in [-0.39, 0.29) is 0 Å². The maximum absolute atomic E-state index is 3.90. The Bertz CT molecular complexity index is 281. The summed E-state index contributed by atoms with van der Waals surface area (Å²) in [5.74, 6) is 0. The Hall–Kier alpha value is -1.31. The van der Waals surface area contributed by atoms with Crippen molar-refractivity contribution in [2.24, 2.45) is 0 Å². The fraction of sp³-hybridized carbons (Fsp3) is 0.125. The Morgan fingerprint density at radius 1 is 1.30 bits per heavy atom. The number of nitrogens with one attached hydrogen (secondary N) is 1. The van der Waals surface area contributed by atoms with Crippen molar-refractivity contribution < 1.29 is 0 Å².